The topological polar surface area (TPSA) is 41.1 Å². The van der Waals surface area contributed by atoms with Crippen LogP contribution in [0.3, 0.4) is 0 Å². The third-order valence-electron chi connectivity index (χ3n) is 3.16. The lowest BCUT2D eigenvalue weighted by Gasteiger charge is -2.19. The Kier molecular flexibility index (Phi) is 5.53. The van der Waals surface area contributed by atoms with E-state index < -0.39 is 0 Å². The van der Waals surface area contributed by atoms with Gasteiger partial charge in [-0.2, -0.15) is 0 Å². The van der Waals surface area contributed by atoms with Crippen molar-refractivity contribution < 1.29 is 0 Å². The zero-order chi connectivity index (χ0) is 15.2. The molecule has 0 aliphatic carbocycles. The Morgan fingerprint density at radius 1 is 1.33 bits per heavy atom. The molecule has 1 N–H and O–H groups in total. The molecule has 2 aromatic heterocycles. The fourth-order valence-corrected chi connectivity index (χ4v) is 2.46. The molecule has 0 amide bonds. The predicted octanol–water partition coefficient (Wildman–Crippen LogP) is 3.18. The van der Waals surface area contributed by atoms with Crippen molar-refractivity contribution in [3.63, 3.8) is 0 Å². The van der Waals surface area contributed by atoms with Gasteiger partial charge in [0.15, 0.2) is 0 Å². The van der Waals surface area contributed by atoms with Gasteiger partial charge in [0.05, 0.1) is 17.3 Å². The molecular weight excluding hydrogens is 284 g/mol. The molecule has 112 valence electrons. The summed E-state index contributed by atoms with van der Waals surface area (Å²) in [4.78, 5) is 11.0. The molecule has 5 heteroatoms. The normalized spacial score (nSPS) is 10.7. The van der Waals surface area contributed by atoms with E-state index in [1.165, 1.54) is 0 Å². The molecule has 4 nitrogen and oxygen atoms in total. The highest BCUT2D eigenvalue weighted by atomic mass is 35.5. The molecule has 0 saturated heterocycles. The zero-order valence-electron chi connectivity index (χ0n) is 12.7. The molecule has 0 spiro atoms. The van der Waals surface area contributed by atoms with Crippen molar-refractivity contribution in [2.24, 2.45) is 0 Å². The third kappa shape index (κ3) is 4.41. The zero-order valence-corrected chi connectivity index (χ0v) is 13.5. The van der Waals surface area contributed by atoms with E-state index in [1.54, 1.807) is 0 Å². The first-order chi connectivity index (χ1) is 10.1. The number of aryl methyl sites for hydroxylation is 1. The van der Waals surface area contributed by atoms with Gasteiger partial charge in [0, 0.05) is 25.5 Å². The van der Waals surface area contributed by atoms with Crippen LogP contribution < -0.4 is 10.2 Å². The second kappa shape index (κ2) is 7.38. The lowest BCUT2D eigenvalue weighted by Crippen LogP contribution is -2.19. The van der Waals surface area contributed by atoms with Gasteiger partial charge in [0.25, 0.3) is 0 Å². The van der Waals surface area contributed by atoms with Crippen molar-refractivity contribution >= 4 is 17.4 Å². The fraction of sp³-hybridized carbons (Fsp3) is 0.375. The van der Waals surface area contributed by atoms with Crippen molar-refractivity contribution in [1.82, 2.24) is 15.3 Å². The van der Waals surface area contributed by atoms with Crippen LogP contribution in [-0.2, 0) is 13.1 Å². The lowest BCUT2D eigenvalue weighted by molar-refractivity contribution is 0.723. The maximum Gasteiger partial charge on any atom is 0.147 e. The Labute approximate surface area is 131 Å². The number of aromatic nitrogens is 2. The van der Waals surface area contributed by atoms with Crippen LogP contribution in [0.15, 0.2) is 30.5 Å². The van der Waals surface area contributed by atoms with Crippen molar-refractivity contribution in [1.29, 1.82) is 0 Å². The largest absolute Gasteiger partial charge is 0.353 e. The van der Waals surface area contributed by atoms with Crippen molar-refractivity contribution in [3.05, 3.63) is 52.4 Å². The molecular formula is C16H21ClN4. The molecule has 0 radical (unpaired) electrons. The summed E-state index contributed by atoms with van der Waals surface area (Å²) in [6, 6.07) is 7.98. The van der Waals surface area contributed by atoms with Gasteiger partial charge >= 0.3 is 0 Å². The molecule has 0 fully saturated rings. The highest BCUT2D eigenvalue weighted by molar-refractivity contribution is 6.33. The van der Waals surface area contributed by atoms with E-state index in [0.29, 0.717) is 11.6 Å². The van der Waals surface area contributed by atoms with E-state index in [1.807, 2.05) is 49.3 Å². The summed E-state index contributed by atoms with van der Waals surface area (Å²) in [5.41, 5.74) is 3.11. The summed E-state index contributed by atoms with van der Waals surface area (Å²) >= 11 is 6.35. The Hall–Kier alpha value is -1.65. The van der Waals surface area contributed by atoms with Gasteiger partial charge in [-0.3, -0.25) is 4.98 Å². The molecule has 2 aromatic rings. The van der Waals surface area contributed by atoms with Crippen molar-refractivity contribution in [2.45, 2.75) is 26.9 Å². The molecule has 0 aromatic carbocycles. The van der Waals surface area contributed by atoms with Crippen LogP contribution in [0.25, 0.3) is 0 Å². The fourth-order valence-electron chi connectivity index (χ4n) is 2.12. The molecule has 0 aliphatic rings. The summed E-state index contributed by atoms with van der Waals surface area (Å²) in [5, 5.41) is 3.93. The summed E-state index contributed by atoms with van der Waals surface area (Å²) in [7, 11) is 1.97. The van der Waals surface area contributed by atoms with E-state index >= 15 is 0 Å². The van der Waals surface area contributed by atoms with Crippen molar-refractivity contribution in [3.8, 4) is 0 Å². The first-order valence-corrected chi connectivity index (χ1v) is 7.46. The van der Waals surface area contributed by atoms with E-state index in [2.05, 4.69) is 22.2 Å². The average molecular weight is 305 g/mol. The summed E-state index contributed by atoms with van der Waals surface area (Å²) in [6.07, 6.45) is 1.87. The quantitative estimate of drug-likeness (QED) is 0.890. The minimum Gasteiger partial charge on any atom is -0.353 e. The van der Waals surface area contributed by atoms with E-state index in [-0.39, 0.29) is 0 Å². The van der Waals surface area contributed by atoms with Crippen molar-refractivity contribution in [2.75, 3.05) is 18.5 Å². The Bertz CT molecular complexity index is 601. The minimum atomic E-state index is 0.667. The SMILES string of the molecule is CCNCc1cnc(N(C)Cc2cccc(C)n2)c(Cl)c1. The number of anilines is 1. The van der Waals surface area contributed by atoms with Gasteiger partial charge in [-0.05, 0) is 37.2 Å². The maximum atomic E-state index is 6.35. The van der Waals surface area contributed by atoms with E-state index in [0.717, 1.165) is 35.9 Å². The Morgan fingerprint density at radius 3 is 2.81 bits per heavy atom. The van der Waals surface area contributed by atoms with Crippen LogP contribution in [0.4, 0.5) is 5.82 Å². The Balaban J connectivity index is 2.10. The smallest absolute Gasteiger partial charge is 0.147 e. The summed E-state index contributed by atoms with van der Waals surface area (Å²) in [6.45, 7) is 6.46. The second-order valence-corrected chi connectivity index (χ2v) is 5.46. The van der Waals surface area contributed by atoms with E-state index in [9.17, 15) is 0 Å². The van der Waals surface area contributed by atoms with Crippen LogP contribution in [-0.4, -0.2) is 23.6 Å². The first-order valence-electron chi connectivity index (χ1n) is 7.09. The monoisotopic (exact) mass is 304 g/mol. The summed E-state index contributed by atoms with van der Waals surface area (Å²) in [5.74, 6) is 0.778. The van der Waals surface area contributed by atoms with Crippen LogP contribution in [0.1, 0.15) is 23.9 Å². The van der Waals surface area contributed by atoms with Gasteiger partial charge < -0.3 is 10.2 Å². The minimum absolute atomic E-state index is 0.667. The first kappa shape index (κ1) is 15.7. The standard InChI is InChI=1S/C16H21ClN4/c1-4-18-9-13-8-15(17)16(19-10-13)21(3)11-14-7-5-6-12(2)20-14/h5-8,10,18H,4,9,11H2,1-3H3. The van der Waals surface area contributed by atoms with Gasteiger partial charge in [-0.1, -0.05) is 24.6 Å². The van der Waals surface area contributed by atoms with Crippen LogP contribution in [0.2, 0.25) is 5.02 Å². The third-order valence-corrected chi connectivity index (χ3v) is 3.44. The molecule has 0 bridgehead atoms. The second-order valence-electron chi connectivity index (χ2n) is 5.06. The number of halogens is 1. The van der Waals surface area contributed by atoms with Gasteiger partial charge in [-0.25, -0.2) is 4.98 Å². The number of nitrogens with one attached hydrogen (secondary N) is 1. The predicted molar refractivity (Wildman–Crippen MR) is 87.7 cm³/mol. The molecule has 21 heavy (non-hydrogen) atoms. The van der Waals surface area contributed by atoms with Gasteiger partial charge in [0.2, 0.25) is 0 Å². The van der Waals surface area contributed by atoms with E-state index in [4.69, 9.17) is 11.6 Å². The molecule has 0 unspecified atom stereocenters. The number of rotatable bonds is 6. The number of hydrogen-bond acceptors (Lipinski definition) is 4. The molecule has 2 rings (SSSR count). The highest BCUT2D eigenvalue weighted by Crippen LogP contribution is 2.24. The molecule has 0 saturated carbocycles. The van der Waals surface area contributed by atoms with Gasteiger partial charge in [0.1, 0.15) is 5.82 Å². The molecule has 2 heterocycles. The number of nitrogens with zero attached hydrogens (tertiary/aromatic N) is 3. The van der Waals surface area contributed by atoms with Crippen LogP contribution in [0.5, 0.6) is 0 Å². The summed E-state index contributed by atoms with van der Waals surface area (Å²) < 4.78 is 0. The highest BCUT2D eigenvalue weighted by Gasteiger charge is 2.10. The molecule has 0 atom stereocenters. The van der Waals surface area contributed by atoms with Crippen LogP contribution >= 0.6 is 11.6 Å². The van der Waals surface area contributed by atoms with Gasteiger partial charge in [-0.15, -0.1) is 0 Å². The lowest BCUT2D eigenvalue weighted by atomic mass is 10.2. The Morgan fingerprint density at radius 2 is 2.14 bits per heavy atom. The molecule has 0 aliphatic heterocycles. The number of hydrogen-bond donors (Lipinski definition) is 1. The number of pyridine rings is 2. The van der Waals surface area contributed by atoms with Crippen LogP contribution in [0, 0.1) is 6.92 Å². The maximum absolute atomic E-state index is 6.35. The average Bonchev–Trinajstić information content (AvgIpc) is 2.45.